The number of halogens is 1. The van der Waals surface area contributed by atoms with Crippen LogP contribution in [0.3, 0.4) is 0 Å². The summed E-state index contributed by atoms with van der Waals surface area (Å²) in [5.41, 5.74) is 0.662. The standard InChI is InChI=1S/C12H16ClNO4/c1-17-6-2-3-7-18-12-5-4-10(9-13)8-11(12)14(15)16/h4-5,8H,2-3,6-7,9H2,1H3. The van der Waals surface area contributed by atoms with Gasteiger partial charge in [-0.05, 0) is 24.5 Å². The average Bonchev–Trinajstić information content (AvgIpc) is 2.38. The lowest BCUT2D eigenvalue weighted by molar-refractivity contribution is -0.385. The first-order valence-corrected chi connectivity index (χ1v) is 6.17. The van der Waals surface area contributed by atoms with Crippen molar-refractivity contribution in [3.8, 4) is 5.75 Å². The zero-order chi connectivity index (χ0) is 13.4. The molecule has 0 aliphatic heterocycles. The Morgan fingerprint density at radius 3 is 2.67 bits per heavy atom. The summed E-state index contributed by atoms with van der Waals surface area (Å²) in [4.78, 5) is 10.4. The molecule has 0 heterocycles. The lowest BCUT2D eigenvalue weighted by Crippen LogP contribution is -2.02. The van der Waals surface area contributed by atoms with E-state index in [9.17, 15) is 10.1 Å². The lowest BCUT2D eigenvalue weighted by atomic mass is 10.2. The Kier molecular flexibility index (Phi) is 6.46. The largest absolute Gasteiger partial charge is 0.487 e. The van der Waals surface area contributed by atoms with Crippen molar-refractivity contribution in [2.75, 3.05) is 20.3 Å². The van der Waals surface area contributed by atoms with Crippen LogP contribution in [0.1, 0.15) is 18.4 Å². The number of methoxy groups -OCH3 is 1. The molecule has 1 aromatic carbocycles. The Morgan fingerprint density at radius 2 is 2.06 bits per heavy atom. The van der Waals surface area contributed by atoms with Crippen molar-refractivity contribution in [3.63, 3.8) is 0 Å². The number of ether oxygens (including phenoxy) is 2. The fourth-order valence-corrected chi connectivity index (χ4v) is 1.61. The second kappa shape index (κ2) is 7.89. The van der Waals surface area contributed by atoms with Crippen molar-refractivity contribution in [3.05, 3.63) is 33.9 Å². The molecule has 100 valence electrons. The molecule has 0 saturated carbocycles. The molecule has 0 spiro atoms. The van der Waals surface area contributed by atoms with E-state index in [1.807, 2.05) is 0 Å². The van der Waals surface area contributed by atoms with E-state index in [4.69, 9.17) is 21.1 Å². The number of nitro groups is 1. The summed E-state index contributed by atoms with van der Waals surface area (Å²) in [7, 11) is 1.64. The van der Waals surface area contributed by atoms with Crippen LogP contribution in [0.4, 0.5) is 5.69 Å². The molecule has 1 rings (SSSR count). The Balaban J connectivity index is 2.61. The molecular formula is C12H16ClNO4. The Hall–Kier alpha value is -1.33. The van der Waals surface area contributed by atoms with Gasteiger partial charge in [-0.25, -0.2) is 0 Å². The van der Waals surface area contributed by atoms with Gasteiger partial charge in [-0.1, -0.05) is 6.07 Å². The number of nitrogens with zero attached hydrogens (tertiary/aromatic N) is 1. The van der Waals surface area contributed by atoms with Crippen molar-refractivity contribution in [2.45, 2.75) is 18.7 Å². The minimum absolute atomic E-state index is 0.0418. The molecule has 0 aliphatic carbocycles. The maximum Gasteiger partial charge on any atom is 0.311 e. The molecule has 0 amide bonds. The monoisotopic (exact) mass is 273 g/mol. The highest BCUT2D eigenvalue weighted by molar-refractivity contribution is 6.17. The third kappa shape index (κ3) is 4.50. The van der Waals surface area contributed by atoms with Crippen LogP contribution in [0.5, 0.6) is 5.75 Å². The van der Waals surface area contributed by atoms with E-state index in [1.165, 1.54) is 6.07 Å². The molecule has 0 fully saturated rings. The summed E-state index contributed by atoms with van der Waals surface area (Å²) in [6, 6.07) is 4.76. The first-order valence-electron chi connectivity index (χ1n) is 5.64. The van der Waals surface area contributed by atoms with Gasteiger partial charge in [-0.3, -0.25) is 10.1 Å². The number of alkyl halides is 1. The third-order valence-corrected chi connectivity index (χ3v) is 2.68. The summed E-state index contributed by atoms with van der Waals surface area (Å²) in [6.45, 7) is 1.10. The predicted molar refractivity (Wildman–Crippen MR) is 69.3 cm³/mol. The van der Waals surface area contributed by atoms with E-state index < -0.39 is 4.92 Å². The summed E-state index contributed by atoms with van der Waals surface area (Å²) in [5, 5.41) is 10.9. The first-order chi connectivity index (χ1) is 8.69. The van der Waals surface area contributed by atoms with E-state index in [0.717, 1.165) is 12.8 Å². The van der Waals surface area contributed by atoms with Gasteiger partial charge in [-0.2, -0.15) is 0 Å². The van der Waals surface area contributed by atoms with E-state index in [2.05, 4.69) is 0 Å². The summed E-state index contributed by atoms with van der Waals surface area (Å²) < 4.78 is 10.3. The number of hydrogen-bond acceptors (Lipinski definition) is 4. The topological polar surface area (TPSA) is 61.6 Å². The molecular weight excluding hydrogens is 258 g/mol. The number of rotatable bonds is 8. The lowest BCUT2D eigenvalue weighted by Gasteiger charge is -2.07. The van der Waals surface area contributed by atoms with Crippen molar-refractivity contribution < 1.29 is 14.4 Å². The summed E-state index contributed by atoms with van der Waals surface area (Å²) in [6.07, 6.45) is 1.66. The van der Waals surface area contributed by atoms with Crippen molar-refractivity contribution >= 4 is 17.3 Å². The molecule has 0 bridgehead atoms. The van der Waals surface area contributed by atoms with E-state index in [1.54, 1.807) is 19.2 Å². The molecule has 1 aromatic rings. The first kappa shape index (κ1) is 14.7. The molecule has 0 radical (unpaired) electrons. The van der Waals surface area contributed by atoms with Crippen LogP contribution < -0.4 is 4.74 Å². The normalized spacial score (nSPS) is 10.3. The Bertz CT molecular complexity index is 398. The SMILES string of the molecule is COCCCCOc1ccc(CCl)cc1[N+](=O)[O-]. The summed E-state index contributed by atoms with van der Waals surface area (Å²) in [5.74, 6) is 0.529. The van der Waals surface area contributed by atoms with E-state index in [0.29, 0.717) is 18.8 Å². The fraction of sp³-hybridized carbons (Fsp3) is 0.500. The Morgan fingerprint density at radius 1 is 1.33 bits per heavy atom. The maximum absolute atomic E-state index is 10.9. The van der Waals surface area contributed by atoms with Crippen LogP contribution in [0, 0.1) is 10.1 Å². The van der Waals surface area contributed by atoms with Gasteiger partial charge in [0.2, 0.25) is 0 Å². The van der Waals surface area contributed by atoms with Crippen LogP contribution in [-0.2, 0) is 10.6 Å². The quantitative estimate of drug-likeness (QED) is 0.316. The predicted octanol–water partition coefficient (Wildman–Crippen LogP) is 3.14. The zero-order valence-corrected chi connectivity index (χ0v) is 11.0. The number of benzene rings is 1. The number of nitro benzene ring substituents is 1. The molecule has 18 heavy (non-hydrogen) atoms. The highest BCUT2D eigenvalue weighted by atomic mass is 35.5. The van der Waals surface area contributed by atoms with Crippen LogP contribution in [0.25, 0.3) is 0 Å². The van der Waals surface area contributed by atoms with Gasteiger partial charge in [0, 0.05) is 25.7 Å². The molecule has 0 saturated heterocycles. The van der Waals surface area contributed by atoms with E-state index >= 15 is 0 Å². The van der Waals surface area contributed by atoms with Crippen LogP contribution >= 0.6 is 11.6 Å². The molecule has 6 heteroatoms. The second-order valence-corrected chi connectivity index (χ2v) is 4.01. The fourth-order valence-electron chi connectivity index (χ4n) is 1.44. The Labute approximate surface area is 111 Å². The molecule has 0 N–H and O–H groups in total. The van der Waals surface area contributed by atoms with Gasteiger partial charge in [0.05, 0.1) is 11.5 Å². The molecule has 5 nitrogen and oxygen atoms in total. The maximum atomic E-state index is 10.9. The van der Waals surface area contributed by atoms with Crippen molar-refractivity contribution in [1.29, 1.82) is 0 Å². The van der Waals surface area contributed by atoms with Crippen LogP contribution in [0.15, 0.2) is 18.2 Å². The average molecular weight is 274 g/mol. The van der Waals surface area contributed by atoms with Crippen LogP contribution in [-0.4, -0.2) is 25.2 Å². The molecule has 0 unspecified atom stereocenters. The highest BCUT2D eigenvalue weighted by Gasteiger charge is 2.15. The third-order valence-electron chi connectivity index (χ3n) is 2.37. The smallest absolute Gasteiger partial charge is 0.311 e. The minimum atomic E-state index is -0.458. The zero-order valence-electron chi connectivity index (χ0n) is 10.2. The summed E-state index contributed by atoms with van der Waals surface area (Å²) >= 11 is 5.64. The molecule has 0 aliphatic rings. The van der Waals surface area contributed by atoms with Crippen molar-refractivity contribution in [1.82, 2.24) is 0 Å². The number of hydrogen-bond donors (Lipinski definition) is 0. The van der Waals surface area contributed by atoms with E-state index in [-0.39, 0.29) is 17.3 Å². The van der Waals surface area contributed by atoms with Gasteiger partial charge in [0.25, 0.3) is 0 Å². The second-order valence-electron chi connectivity index (χ2n) is 3.74. The van der Waals surface area contributed by atoms with Gasteiger partial charge >= 0.3 is 5.69 Å². The molecule has 0 aromatic heterocycles. The highest BCUT2D eigenvalue weighted by Crippen LogP contribution is 2.28. The van der Waals surface area contributed by atoms with Gasteiger partial charge < -0.3 is 9.47 Å². The van der Waals surface area contributed by atoms with Gasteiger partial charge in [0.15, 0.2) is 5.75 Å². The van der Waals surface area contributed by atoms with Gasteiger partial charge in [-0.15, -0.1) is 11.6 Å². The van der Waals surface area contributed by atoms with Crippen LogP contribution in [0.2, 0.25) is 0 Å². The van der Waals surface area contributed by atoms with Crippen molar-refractivity contribution in [2.24, 2.45) is 0 Å². The van der Waals surface area contributed by atoms with Gasteiger partial charge in [0.1, 0.15) is 0 Å². The number of unbranched alkanes of at least 4 members (excludes halogenated alkanes) is 1. The minimum Gasteiger partial charge on any atom is -0.487 e. The molecule has 0 atom stereocenters.